The van der Waals surface area contributed by atoms with Crippen LogP contribution in [0.25, 0.3) is 0 Å². The van der Waals surface area contributed by atoms with Crippen molar-refractivity contribution in [3.05, 3.63) is 30.1 Å². The van der Waals surface area contributed by atoms with Crippen LogP contribution >= 0.6 is 0 Å². The van der Waals surface area contributed by atoms with E-state index in [4.69, 9.17) is 0 Å². The van der Waals surface area contributed by atoms with Gasteiger partial charge in [-0.05, 0) is 31.0 Å². The molecular weight excluding hydrogens is 363 g/mol. The Balaban J connectivity index is 1.49. The van der Waals surface area contributed by atoms with Crippen LogP contribution in [-0.2, 0) is 14.8 Å². The third-order valence-electron chi connectivity index (χ3n) is 4.44. The summed E-state index contributed by atoms with van der Waals surface area (Å²) in [6, 6.07) is 4.61. The zero-order valence-electron chi connectivity index (χ0n) is 14.2. The molecule has 1 saturated carbocycles. The summed E-state index contributed by atoms with van der Waals surface area (Å²) in [5.41, 5.74) is 0. The molecule has 1 aromatic rings. The van der Waals surface area contributed by atoms with Crippen LogP contribution in [0.1, 0.15) is 12.8 Å². The molecule has 0 unspecified atom stereocenters. The first-order chi connectivity index (χ1) is 12.3. The van der Waals surface area contributed by atoms with Crippen LogP contribution < -0.4 is 15.5 Å². The molecule has 0 bridgehead atoms. The lowest BCUT2D eigenvalue weighted by Gasteiger charge is -2.31. The average molecular weight is 385 g/mol. The molecule has 1 saturated heterocycles. The van der Waals surface area contributed by atoms with Gasteiger partial charge in [0.25, 0.3) is 5.91 Å². The summed E-state index contributed by atoms with van der Waals surface area (Å²) in [5, 5.41) is 4.96. The Kier molecular flexibility index (Phi) is 5.54. The number of hydrogen-bond acceptors (Lipinski definition) is 4. The fourth-order valence-corrected chi connectivity index (χ4v) is 4.32. The largest absolute Gasteiger partial charge is 0.335 e. The number of urea groups is 1. The Hall–Kier alpha value is -2.04. The van der Waals surface area contributed by atoms with Gasteiger partial charge in [0.1, 0.15) is 5.82 Å². The molecule has 26 heavy (non-hydrogen) atoms. The Morgan fingerprint density at radius 1 is 1.23 bits per heavy atom. The summed E-state index contributed by atoms with van der Waals surface area (Å²) >= 11 is 0. The Morgan fingerprint density at radius 2 is 1.92 bits per heavy atom. The SMILES string of the molecule is O=C(C[NH+]1CCN(S(=O)(=O)c2cccc(F)c2)CC1)NC(=O)NC1CC1. The van der Waals surface area contributed by atoms with E-state index in [0.717, 1.165) is 23.8 Å². The highest BCUT2D eigenvalue weighted by Crippen LogP contribution is 2.18. The number of imide groups is 1. The zero-order chi connectivity index (χ0) is 18.7. The molecule has 142 valence electrons. The van der Waals surface area contributed by atoms with Crippen molar-refractivity contribution in [1.29, 1.82) is 0 Å². The lowest BCUT2D eigenvalue weighted by atomic mass is 10.3. The lowest BCUT2D eigenvalue weighted by molar-refractivity contribution is -0.895. The molecular formula is C16H22FN4O4S+. The first-order valence-electron chi connectivity index (χ1n) is 8.54. The molecule has 1 aromatic carbocycles. The molecule has 2 fully saturated rings. The number of quaternary nitrogens is 1. The molecule has 3 rings (SSSR count). The van der Waals surface area contributed by atoms with Gasteiger partial charge in [-0.3, -0.25) is 10.1 Å². The van der Waals surface area contributed by atoms with Crippen molar-refractivity contribution in [3.8, 4) is 0 Å². The predicted molar refractivity (Wildman–Crippen MR) is 90.4 cm³/mol. The number of hydrogen-bond donors (Lipinski definition) is 3. The van der Waals surface area contributed by atoms with Crippen LogP contribution in [0.2, 0.25) is 0 Å². The average Bonchev–Trinajstić information content (AvgIpc) is 3.39. The van der Waals surface area contributed by atoms with Crippen LogP contribution in [0, 0.1) is 5.82 Å². The molecule has 0 aromatic heterocycles. The smallest absolute Gasteiger partial charge is 0.321 e. The van der Waals surface area contributed by atoms with E-state index in [9.17, 15) is 22.4 Å². The fraction of sp³-hybridized carbons (Fsp3) is 0.500. The molecule has 1 aliphatic heterocycles. The Labute approximate surface area is 151 Å². The normalized spacial score (nSPS) is 19.1. The zero-order valence-corrected chi connectivity index (χ0v) is 15.0. The van der Waals surface area contributed by atoms with Crippen molar-refractivity contribution in [2.24, 2.45) is 0 Å². The molecule has 0 radical (unpaired) electrons. The number of nitrogens with zero attached hydrogens (tertiary/aromatic N) is 1. The lowest BCUT2D eigenvalue weighted by Crippen LogP contribution is -3.15. The summed E-state index contributed by atoms with van der Waals surface area (Å²) < 4.78 is 39.7. The third kappa shape index (κ3) is 4.77. The number of sulfonamides is 1. The van der Waals surface area contributed by atoms with E-state index in [2.05, 4.69) is 10.6 Å². The maximum atomic E-state index is 13.3. The van der Waals surface area contributed by atoms with Crippen LogP contribution in [0.3, 0.4) is 0 Å². The van der Waals surface area contributed by atoms with Gasteiger partial charge in [-0.1, -0.05) is 6.07 Å². The van der Waals surface area contributed by atoms with Crippen molar-refractivity contribution in [2.45, 2.75) is 23.8 Å². The highest BCUT2D eigenvalue weighted by atomic mass is 32.2. The van der Waals surface area contributed by atoms with Gasteiger partial charge in [0, 0.05) is 6.04 Å². The minimum atomic E-state index is -3.75. The topological polar surface area (TPSA) is 100 Å². The predicted octanol–water partition coefficient (Wildman–Crippen LogP) is -1.30. The second-order valence-electron chi connectivity index (χ2n) is 6.58. The van der Waals surface area contributed by atoms with E-state index in [1.165, 1.54) is 22.5 Å². The first-order valence-corrected chi connectivity index (χ1v) is 9.98. The van der Waals surface area contributed by atoms with E-state index in [0.29, 0.717) is 13.1 Å². The van der Waals surface area contributed by atoms with E-state index >= 15 is 0 Å². The van der Waals surface area contributed by atoms with Gasteiger partial charge >= 0.3 is 6.03 Å². The third-order valence-corrected chi connectivity index (χ3v) is 6.33. The summed E-state index contributed by atoms with van der Waals surface area (Å²) in [7, 11) is -3.75. The number of rotatable bonds is 5. The first kappa shape index (κ1) is 18.7. The Bertz CT molecular complexity index is 789. The molecule has 0 spiro atoms. The van der Waals surface area contributed by atoms with Gasteiger partial charge in [-0.15, -0.1) is 0 Å². The Morgan fingerprint density at radius 3 is 2.54 bits per heavy atom. The number of carbonyl (C=O) groups excluding carboxylic acids is 2. The highest BCUT2D eigenvalue weighted by Gasteiger charge is 2.31. The molecule has 3 N–H and O–H groups in total. The van der Waals surface area contributed by atoms with Crippen LogP contribution in [0.15, 0.2) is 29.2 Å². The molecule has 8 nitrogen and oxygen atoms in total. The molecule has 10 heteroatoms. The van der Waals surface area contributed by atoms with Crippen molar-refractivity contribution >= 4 is 22.0 Å². The summed E-state index contributed by atoms with van der Waals surface area (Å²) in [4.78, 5) is 24.3. The van der Waals surface area contributed by atoms with E-state index in [1.54, 1.807) is 0 Å². The van der Waals surface area contributed by atoms with Crippen LogP contribution in [0.4, 0.5) is 9.18 Å². The maximum Gasteiger partial charge on any atom is 0.321 e. The number of halogens is 1. The van der Waals surface area contributed by atoms with E-state index < -0.39 is 21.9 Å². The fourth-order valence-electron chi connectivity index (χ4n) is 2.84. The number of carbonyl (C=O) groups is 2. The molecule has 1 heterocycles. The molecule has 3 amide bonds. The number of benzene rings is 1. The molecule has 1 aliphatic carbocycles. The van der Waals surface area contributed by atoms with Crippen LogP contribution in [-0.4, -0.2) is 63.4 Å². The highest BCUT2D eigenvalue weighted by molar-refractivity contribution is 7.89. The second-order valence-corrected chi connectivity index (χ2v) is 8.52. The van der Waals surface area contributed by atoms with Gasteiger partial charge < -0.3 is 10.2 Å². The van der Waals surface area contributed by atoms with Crippen molar-refractivity contribution in [2.75, 3.05) is 32.7 Å². The second kappa shape index (κ2) is 7.68. The van der Waals surface area contributed by atoms with Crippen molar-refractivity contribution in [1.82, 2.24) is 14.9 Å². The number of piperazine rings is 1. The van der Waals surface area contributed by atoms with Crippen molar-refractivity contribution < 1.29 is 27.3 Å². The van der Waals surface area contributed by atoms with Gasteiger partial charge in [0.15, 0.2) is 6.54 Å². The van der Waals surface area contributed by atoms with E-state index in [1.807, 2.05) is 0 Å². The minimum absolute atomic E-state index is 0.0737. The summed E-state index contributed by atoms with van der Waals surface area (Å²) in [6.07, 6.45) is 1.88. The standard InChI is InChI=1S/C16H21FN4O4S/c17-12-2-1-3-14(10-12)26(24,25)21-8-6-20(7-9-21)11-15(22)19-16(23)18-13-4-5-13/h1-3,10,13H,4-9,11H2,(H2,18,19,22,23)/p+1. The molecule has 2 aliphatic rings. The minimum Gasteiger partial charge on any atom is -0.335 e. The van der Waals surface area contributed by atoms with Gasteiger partial charge in [-0.2, -0.15) is 4.31 Å². The van der Waals surface area contributed by atoms with E-state index in [-0.39, 0.29) is 36.5 Å². The van der Waals surface area contributed by atoms with Gasteiger partial charge in [0.05, 0.1) is 31.1 Å². The van der Waals surface area contributed by atoms with Gasteiger partial charge in [0.2, 0.25) is 10.0 Å². The quantitative estimate of drug-likeness (QED) is 0.587. The van der Waals surface area contributed by atoms with Gasteiger partial charge in [-0.25, -0.2) is 17.6 Å². The molecule has 0 atom stereocenters. The summed E-state index contributed by atoms with van der Waals surface area (Å²) in [5.74, 6) is -0.990. The maximum absolute atomic E-state index is 13.3. The number of amides is 3. The van der Waals surface area contributed by atoms with Crippen LogP contribution in [0.5, 0.6) is 0 Å². The summed E-state index contributed by atoms with van der Waals surface area (Å²) in [6.45, 7) is 1.44. The van der Waals surface area contributed by atoms with Crippen molar-refractivity contribution in [3.63, 3.8) is 0 Å². The monoisotopic (exact) mass is 385 g/mol. The number of nitrogens with one attached hydrogen (secondary N) is 3.